The lowest BCUT2D eigenvalue weighted by atomic mass is 10.1. The first-order chi connectivity index (χ1) is 14.8. The topological polar surface area (TPSA) is 91.8 Å². The van der Waals surface area contributed by atoms with Crippen molar-refractivity contribution in [3.05, 3.63) is 95.6 Å². The van der Waals surface area contributed by atoms with Gasteiger partial charge in [0.15, 0.2) is 0 Å². The Morgan fingerprint density at radius 2 is 1.32 bits per heavy atom. The molecule has 0 N–H and O–H groups in total. The lowest BCUT2D eigenvalue weighted by Gasteiger charge is -2.24. The molecule has 1 aliphatic rings. The Morgan fingerprint density at radius 1 is 0.806 bits per heavy atom. The number of anilines is 1. The van der Waals surface area contributed by atoms with Crippen LogP contribution in [0.25, 0.3) is 0 Å². The number of amides is 3. The second kappa shape index (κ2) is 7.81. The maximum Gasteiger partial charge on any atom is 0.270 e. The lowest BCUT2D eigenvalue weighted by molar-refractivity contribution is -0.117. The van der Waals surface area contributed by atoms with Crippen LogP contribution in [0.15, 0.2) is 83.8 Å². The molecule has 1 heterocycles. The van der Waals surface area contributed by atoms with Gasteiger partial charge in [-0.15, -0.1) is 0 Å². The first-order valence-corrected chi connectivity index (χ1v) is 10.9. The van der Waals surface area contributed by atoms with Crippen LogP contribution < -0.4 is 4.31 Å². The number of aryl methyl sites for hydroxylation is 1. The minimum absolute atomic E-state index is 0.0716. The number of benzene rings is 3. The van der Waals surface area contributed by atoms with Crippen LogP contribution in [0.2, 0.25) is 0 Å². The third-order valence-corrected chi connectivity index (χ3v) is 6.71. The van der Waals surface area contributed by atoms with E-state index in [9.17, 15) is 22.8 Å². The van der Waals surface area contributed by atoms with Crippen molar-refractivity contribution in [3.63, 3.8) is 0 Å². The van der Waals surface area contributed by atoms with Crippen LogP contribution in [-0.2, 0) is 14.8 Å². The average molecular weight is 434 g/mol. The van der Waals surface area contributed by atoms with Crippen molar-refractivity contribution in [2.24, 2.45) is 0 Å². The molecule has 0 unspecified atom stereocenters. The van der Waals surface area contributed by atoms with Gasteiger partial charge >= 0.3 is 0 Å². The summed E-state index contributed by atoms with van der Waals surface area (Å²) in [4.78, 5) is 39.2. The summed E-state index contributed by atoms with van der Waals surface area (Å²) in [5.41, 5.74) is 1.35. The highest BCUT2D eigenvalue weighted by Gasteiger charge is 2.39. The maximum atomic E-state index is 13.4. The van der Waals surface area contributed by atoms with E-state index in [0.29, 0.717) is 4.31 Å². The summed E-state index contributed by atoms with van der Waals surface area (Å²) in [7, 11) is -4.28. The van der Waals surface area contributed by atoms with Crippen LogP contribution >= 0.6 is 0 Å². The molecule has 8 heteroatoms. The molecule has 156 valence electrons. The van der Waals surface area contributed by atoms with Crippen LogP contribution in [0.1, 0.15) is 26.3 Å². The molecular weight excluding hydrogens is 416 g/mol. The molecule has 0 saturated carbocycles. The molecule has 0 aromatic heterocycles. The fourth-order valence-corrected chi connectivity index (χ4v) is 4.79. The van der Waals surface area contributed by atoms with Crippen LogP contribution in [0.4, 0.5) is 5.69 Å². The van der Waals surface area contributed by atoms with Crippen LogP contribution in [0.3, 0.4) is 0 Å². The Kier molecular flexibility index (Phi) is 5.16. The molecule has 3 aromatic carbocycles. The zero-order valence-electron chi connectivity index (χ0n) is 16.6. The second-order valence-electron chi connectivity index (χ2n) is 7.05. The van der Waals surface area contributed by atoms with Crippen molar-refractivity contribution in [2.75, 3.05) is 10.8 Å². The Labute approximate surface area is 179 Å². The van der Waals surface area contributed by atoms with Crippen molar-refractivity contribution in [2.45, 2.75) is 11.8 Å². The van der Waals surface area contributed by atoms with Crippen molar-refractivity contribution in [1.82, 2.24) is 4.90 Å². The third-order valence-electron chi connectivity index (χ3n) is 4.95. The molecule has 31 heavy (non-hydrogen) atoms. The van der Waals surface area contributed by atoms with Gasteiger partial charge in [-0.25, -0.2) is 12.7 Å². The van der Waals surface area contributed by atoms with Gasteiger partial charge in [-0.2, -0.15) is 0 Å². The molecule has 3 aromatic rings. The summed E-state index contributed by atoms with van der Waals surface area (Å²) >= 11 is 0. The monoisotopic (exact) mass is 434 g/mol. The molecule has 0 spiro atoms. The van der Waals surface area contributed by atoms with Gasteiger partial charge in [-0.3, -0.25) is 19.3 Å². The summed E-state index contributed by atoms with van der Waals surface area (Å²) in [5, 5.41) is 0. The summed E-state index contributed by atoms with van der Waals surface area (Å²) < 4.78 is 27.4. The second-order valence-corrected chi connectivity index (χ2v) is 8.84. The summed E-state index contributed by atoms with van der Waals surface area (Å²) in [6, 6.07) is 20.2. The molecule has 0 fully saturated rings. The molecular formula is C23H18N2O5S. The number of hydrogen-bond acceptors (Lipinski definition) is 5. The summed E-state index contributed by atoms with van der Waals surface area (Å²) in [6.07, 6.45) is 0. The van der Waals surface area contributed by atoms with Gasteiger partial charge < -0.3 is 0 Å². The molecule has 7 nitrogen and oxygen atoms in total. The molecule has 4 rings (SSSR count). The van der Waals surface area contributed by atoms with E-state index in [1.165, 1.54) is 36.4 Å². The predicted molar refractivity (Wildman–Crippen MR) is 114 cm³/mol. The minimum Gasteiger partial charge on any atom is -0.271 e. The largest absolute Gasteiger partial charge is 0.271 e. The number of nitrogens with zero attached hydrogens (tertiary/aromatic N) is 2. The molecule has 0 radical (unpaired) electrons. The zero-order valence-corrected chi connectivity index (χ0v) is 17.4. The fraction of sp³-hybridized carbons (Fsp3) is 0.0870. The number of fused-ring (bicyclic) bond motifs is 1. The van der Waals surface area contributed by atoms with Gasteiger partial charge in [0.25, 0.3) is 27.7 Å². The van der Waals surface area contributed by atoms with E-state index >= 15 is 0 Å². The number of carbonyl (C=O) groups is 3. The standard InChI is InChI=1S/C23H18N2O5S/c1-16-11-13-18(14-12-16)31(29,30)25(17-7-3-2-4-8-17)21(26)15-24-22(27)19-9-5-6-10-20(19)23(24)28/h2-14H,15H2,1H3. The van der Waals surface area contributed by atoms with Gasteiger partial charge in [0.2, 0.25) is 0 Å². The summed E-state index contributed by atoms with van der Waals surface area (Å²) in [5.74, 6) is -2.18. The van der Waals surface area contributed by atoms with E-state index in [1.807, 2.05) is 6.92 Å². The Morgan fingerprint density at radius 3 is 1.87 bits per heavy atom. The Balaban J connectivity index is 1.72. The number of hydrogen-bond donors (Lipinski definition) is 0. The molecule has 1 aliphatic heterocycles. The number of carbonyl (C=O) groups excluding carboxylic acids is 3. The zero-order chi connectivity index (χ0) is 22.2. The number of imide groups is 1. The van der Waals surface area contributed by atoms with Crippen molar-refractivity contribution in [3.8, 4) is 0 Å². The van der Waals surface area contributed by atoms with Crippen molar-refractivity contribution < 1.29 is 22.8 Å². The first kappa shape index (κ1) is 20.5. The quantitative estimate of drug-likeness (QED) is 0.576. The number of rotatable bonds is 5. The van der Waals surface area contributed by atoms with Crippen molar-refractivity contribution >= 4 is 33.4 Å². The SMILES string of the molecule is Cc1ccc(S(=O)(=O)N(C(=O)CN2C(=O)c3ccccc3C2=O)c2ccccc2)cc1. The Hall–Kier alpha value is -3.78. The smallest absolute Gasteiger partial charge is 0.270 e. The van der Waals surface area contributed by atoms with Gasteiger partial charge in [-0.05, 0) is 43.3 Å². The van der Waals surface area contributed by atoms with Gasteiger partial charge in [0.1, 0.15) is 6.54 Å². The molecule has 0 atom stereocenters. The first-order valence-electron chi connectivity index (χ1n) is 9.46. The van der Waals surface area contributed by atoms with Crippen molar-refractivity contribution in [1.29, 1.82) is 0 Å². The lowest BCUT2D eigenvalue weighted by Crippen LogP contribution is -2.45. The molecule has 0 saturated heterocycles. The minimum atomic E-state index is -4.28. The highest BCUT2D eigenvalue weighted by Crippen LogP contribution is 2.27. The third kappa shape index (κ3) is 3.62. The van der Waals surface area contributed by atoms with E-state index in [2.05, 4.69) is 0 Å². The normalized spacial score (nSPS) is 13.3. The number of para-hydroxylation sites is 1. The van der Waals surface area contributed by atoms with Gasteiger partial charge in [0.05, 0.1) is 21.7 Å². The molecule has 0 aliphatic carbocycles. The number of sulfonamides is 1. The average Bonchev–Trinajstić information content (AvgIpc) is 3.00. The highest BCUT2D eigenvalue weighted by molar-refractivity contribution is 7.93. The van der Waals surface area contributed by atoms with E-state index in [1.54, 1.807) is 42.5 Å². The van der Waals surface area contributed by atoms with Crippen LogP contribution in [0.5, 0.6) is 0 Å². The van der Waals surface area contributed by atoms with Gasteiger partial charge in [-0.1, -0.05) is 48.0 Å². The maximum absolute atomic E-state index is 13.4. The van der Waals surface area contributed by atoms with E-state index < -0.39 is 34.3 Å². The molecule has 3 amide bonds. The Bertz CT molecular complexity index is 1250. The fourth-order valence-electron chi connectivity index (χ4n) is 3.38. The molecule has 0 bridgehead atoms. The van der Waals surface area contributed by atoms with E-state index in [-0.39, 0.29) is 21.7 Å². The van der Waals surface area contributed by atoms with E-state index in [0.717, 1.165) is 10.5 Å². The van der Waals surface area contributed by atoms with Crippen LogP contribution in [-0.4, -0.2) is 37.6 Å². The summed E-state index contributed by atoms with van der Waals surface area (Å²) in [6.45, 7) is 1.12. The highest BCUT2D eigenvalue weighted by atomic mass is 32.2. The predicted octanol–water partition coefficient (Wildman–Crippen LogP) is 3.01. The van der Waals surface area contributed by atoms with E-state index in [4.69, 9.17) is 0 Å². The van der Waals surface area contributed by atoms with Gasteiger partial charge in [0, 0.05) is 0 Å². The van der Waals surface area contributed by atoms with Crippen LogP contribution in [0, 0.1) is 6.92 Å².